The van der Waals surface area contributed by atoms with Crippen LogP contribution in [0.1, 0.15) is 11.3 Å². The summed E-state index contributed by atoms with van der Waals surface area (Å²) in [5.74, 6) is 0.719. The zero-order valence-electron chi connectivity index (χ0n) is 13.0. The van der Waals surface area contributed by atoms with Crippen LogP contribution in [0.2, 0.25) is 0 Å². The Bertz CT molecular complexity index is 874. The molecule has 2 aromatic heterocycles. The number of nitrogens with zero attached hydrogens (tertiary/aromatic N) is 3. The Morgan fingerprint density at radius 1 is 1.21 bits per heavy atom. The van der Waals surface area contributed by atoms with Gasteiger partial charge in [0.05, 0.1) is 24.1 Å². The molecule has 0 atom stereocenters. The van der Waals surface area contributed by atoms with Crippen LogP contribution in [-0.2, 0) is 24.5 Å². The number of hydrogen-bond donors (Lipinski definition) is 1. The topological polar surface area (TPSA) is 69.0 Å². The lowest BCUT2D eigenvalue weighted by Crippen LogP contribution is -2.28. The summed E-state index contributed by atoms with van der Waals surface area (Å²) in [4.78, 5) is 16.4. The van der Waals surface area contributed by atoms with E-state index in [1.807, 2.05) is 42.5 Å². The molecule has 24 heavy (non-hydrogen) atoms. The number of nitrogens with one attached hydrogen (secondary N) is 1. The maximum Gasteiger partial charge on any atom is 0.242 e. The molecule has 1 aliphatic rings. The van der Waals surface area contributed by atoms with Gasteiger partial charge in [-0.3, -0.25) is 14.5 Å². The van der Waals surface area contributed by atoms with Crippen LogP contribution in [0.15, 0.2) is 54.9 Å². The summed E-state index contributed by atoms with van der Waals surface area (Å²) in [6, 6.07) is 13.4. The number of aromatic nitrogens is 3. The summed E-state index contributed by atoms with van der Waals surface area (Å²) in [7, 11) is 0. The van der Waals surface area contributed by atoms with Gasteiger partial charge in [0.2, 0.25) is 5.91 Å². The van der Waals surface area contributed by atoms with Gasteiger partial charge in [-0.15, -0.1) is 0 Å². The molecule has 6 heteroatoms. The second-order valence-electron chi connectivity index (χ2n) is 5.56. The third-order valence-corrected chi connectivity index (χ3v) is 3.93. The highest BCUT2D eigenvalue weighted by molar-refractivity contribution is 5.78. The maximum absolute atomic E-state index is 12.3. The molecule has 1 amide bonds. The van der Waals surface area contributed by atoms with Crippen LogP contribution in [0.4, 0.5) is 0 Å². The molecule has 3 aromatic rings. The van der Waals surface area contributed by atoms with E-state index in [1.165, 1.54) is 0 Å². The Labute approximate surface area is 139 Å². The van der Waals surface area contributed by atoms with Crippen LogP contribution < -0.4 is 10.1 Å². The quantitative estimate of drug-likeness (QED) is 0.800. The van der Waals surface area contributed by atoms with E-state index in [0.717, 1.165) is 28.3 Å². The normalized spacial score (nSPS) is 12.0. The zero-order valence-corrected chi connectivity index (χ0v) is 13.0. The maximum atomic E-state index is 12.3. The van der Waals surface area contributed by atoms with E-state index in [2.05, 4.69) is 15.4 Å². The van der Waals surface area contributed by atoms with Crippen molar-refractivity contribution < 1.29 is 9.53 Å². The van der Waals surface area contributed by atoms with Crippen molar-refractivity contribution in [3.8, 4) is 17.0 Å². The summed E-state index contributed by atoms with van der Waals surface area (Å²) in [5, 5.41) is 7.23. The van der Waals surface area contributed by atoms with Gasteiger partial charge in [0.1, 0.15) is 18.9 Å². The summed E-state index contributed by atoms with van der Waals surface area (Å²) in [5.41, 5.74) is 3.73. The van der Waals surface area contributed by atoms with Crippen LogP contribution in [0.3, 0.4) is 0 Å². The van der Waals surface area contributed by atoms with Gasteiger partial charge in [-0.2, -0.15) is 5.10 Å². The molecule has 0 unspecified atom stereocenters. The Morgan fingerprint density at radius 3 is 2.96 bits per heavy atom. The Morgan fingerprint density at radius 2 is 2.08 bits per heavy atom. The summed E-state index contributed by atoms with van der Waals surface area (Å²) in [6.45, 7) is 1.04. The average Bonchev–Trinajstić information content (AvgIpc) is 3.04. The highest BCUT2D eigenvalue weighted by Gasteiger charge is 2.22. The van der Waals surface area contributed by atoms with Crippen molar-refractivity contribution in [2.75, 3.05) is 0 Å². The van der Waals surface area contributed by atoms with E-state index in [0.29, 0.717) is 13.2 Å². The minimum absolute atomic E-state index is 0.101. The van der Waals surface area contributed by atoms with Crippen LogP contribution >= 0.6 is 0 Å². The van der Waals surface area contributed by atoms with Gasteiger partial charge in [0, 0.05) is 17.3 Å². The van der Waals surface area contributed by atoms with Crippen molar-refractivity contribution in [2.45, 2.75) is 19.7 Å². The second kappa shape index (κ2) is 6.16. The number of hydrogen-bond acceptors (Lipinski definition) is 4. The molecule has 120 valence electrons. The van der Waals surface area contributed by atoms with E-state index < -0.39 is 0 Å². The lowest BCUT2D eigenvalue weighted by molar-refractivity contribution is -0.122. The van der Waals surface area contributed by atoms with Gasteiger partial charge < -0.3 is 10.1 Å². The minimum Gasteiger partial charge on any atom is -0.488 e. The largest absolute Gasteiger partial charge is 0.488 e. The molecule has 0 bridgehead atoms. The summed E-state index contributed by atoms with van der Waals surface area (Å²) < 4.78 is 7.44. The Hall–Kier alpha value is -3.15. The molecule has 0 spiro atoms. The van der Waals surface area contributed by atoms with Gasteiger partial charge in [0.15, 0.2) is 0 Å². The highest BCUT2D eigenvalue weighted by Crippen LogP contribution is 2.36. The molecule has 0 aliphatic carbocycles. The van der Waals surface area contributed by atoms with E-state index in [-0.39, 0.29) is 12.5 Å². The number of carbonyl (C=O) groups is 1. The SMILES string of the molecule is O=C(Cn1ncc2c1-c1ccccc1OC2)NCc1ccccn1. The first-order valence-corrected chi connectivity index (χ1v) is 7.75. The van der Waals surface area contributed by atoms with E-state index >= 15 is 0 Å². The Balaban J connectivity index is 1.51. The van der Waals surface area contributed by atoms with Gasteiger partial charge in [-0.25, -0.2) is 0 Å². The molecule has 1 N–H and O–H groups in total. The van der Waals surface area contributed by atoms with Gasteiger partial charge in [0.25, 0.3) is 0 Å². The molecule has 0 saturated heterocycles. The summed E-state index contributed by atoms with van der Waals surface area (Å²) >= 11 is 0. The number of para-hydroxylation sites is 1. The fourth-order valence-corrected chi connectivity index (χ4v) is 2.79. The fraction of sp³-hybridized carbons (Fsp3) is 0.167. The fourth-order valence-electron chi connectivity index (χ4n) is 2.79. The predicted molar refractivity (Wildman–Crippen MR) is 88.1 cm³/mol. The number of carbonyl (C=O) groups excluding carboxylic acids is 1. The van der Waals surface area contributed by atoms with E-state index in [1.54, 1.807) is 17.1 Å². The monoisotopic (exact) mass is 320 g/mol. The van der Waals surface area contributed by atoms with Crippen molar-refractivity contribution in [1.29, 1.82) is 0 Å². The molecular formula is C18H16N4O2. The third kappa shape index (κ3) is 2.74. The number of benzene rings is 1. The first-order valence-electron chi connectivity index (χ1n) is 7.75. The van der Waals surface area contributed by atoms with Crippen LogP contribution in [0.5, 0.6) is 5.75 Å². The standard InChI is InChI=1S/C18H16N4O2/c23-17(20-10-14-5-3-4-8-19-14)11-22-18-13(9-21-22)12-24-16-7-2-1-6-15(16)18/h1-9H,10-12H2,(H,20,23). The zero-order chi connectivity index (χ0) is 16.4. The molecule has 6 nitrogen and oxygen atoms in total. The number of rotatable bonds is 4. The molecule has 1 aliphatic heterocycles. The van der Waals surface area contributed by atoms with Gasteiger partial charge in [-0.1, -0.05) is 18.2 Å². The third-order valence-electron chi connectivity index (χ3n) is 3.93. The molecule has 1 aromatic carbocycles. The predicted octanol–water partition coefficient (Wildman–Crippen LogP) is 2.15. The molecule has 0 radical (unpaired) electrons. The molecule has 0 saturated carbocycles. The number of fused-ring (bicyclic) bond motifs is 3. The van der Waals surface area contributed by atoms with E-state index in [9.17, 15) is 4.79 Å². The molecular weight excluding hydrogens is 304 g/mol. The Kier molecular flexibility index (Phi) is 3.70. The first-order chi connectivity index (χ1) is 11.8. The van der Waals surface area contributed by atoms with E-state index in [4.69, 9.17) is 4.74 Å². The summed E-state index contributed by atoms with van der Waals surface area (Å²) in [6.07, 6.45) is 3.47. The number of ether oxygens (including phenoxy) is 1. The van der Waals surface area contributed by atoms with Crippen molar-refractivity contribution in [1.82, 2.24) is 20.1 Å². The van der Waals surface area contributed by atoms with Gasteiger partial charge in [-0.05, 0) is 24.3 Å². The molecule has 3 heterocycles. The lowest BCUT2D eigenvalue weighted by atomic mass is 10.0. The highest BCUT2D eigenvalue weighted by atomic mass is 16.5. The van der Waals surface area contributed by atoms with Crippen molar-refractivity contribution in [3.05, 3.63) is 66.1 Å². The molecule has 0 fully saturated rings. The van der Waals surface area contributed by atoms with Crippen LogP contribution in [0, 0.1) is 0 Å². The van der Waals surface area contributed by atoms with Crippen LogP contribution in [0.25, 0.3) is 11.3 Å². The number of pyridine rings is 1. The molecule has 4 rings (SSSR count). The minimum atomic E-state index is -0.101. The second-order valence-corrected chi connectivity index (χ2v) is 5.56. The van der Waals surface area contributed by atoms with Crippen LogP contribution in [-0.4, -0.2) is 20.7 Å². The first kappa shape index (κ1) is 14.4. The van der Waals surface area contributed by atoms with Crippen molar-refractivity contribution in [3.63, 3.8) is 0 Å². The number of amides is 1. The van der Waals surface area contributed by atoms with Crippen molar-refractivity contribution >= 4 is 5.91 Å². The van der Waals surface area contributed by atoms with Crippen molar-refractivity contribution in [2.24, 2.45) is 0 Å². The van der Waals surface area contributed by atoms with Gasteiger partial charge >= 0.3 is 0 Å². The average molecular weight is 320 g/mol. The lowest BCUT2D eigenvalue weighted by Gasteiger charge is -2.19. The smallest absolute Gasteiger partial charge is 0.242 e.